The van der Waals surface area contributed by atoms with Gasteiger partial charge in [-0.25, -0.2) is 4.98 Å². The molecule has 0 atom stereocenters. The lowest BCUT2D eigenvalue weighted by Gasteiger charge is -2.18. The van der Waals surface area contributed by atoms with E-state index in [0.29, 0.717) is 23.2 Å². The van der Waals surface area contributed by atoms with E-state index in [1.165, 1.54) is 10.9 Å². The van der Waals surface area contributed by atoms with E-state index >= 15 is 0 Å². The zero-order valence-electron chi connectivity index (χ0n) is 17.1. The van der Waals surface area contributed by atoms with Crippen LogP contribution in [-0.2, 0) is 11.3 Å². The molecule has 158 valence electrons. The number of hydrogen-bond donors (Lipinski definition) is 1. The van der Waals surface area contributed by atoms with Crippen LogP contribution in [0.3, 0.4) is 0 Å². The van der Waals surface area contributed by atoms with Gasteiger partial charge in [0.15, 0.2) is 0 Å². The fourth-order valence-electron chi connectivity index (χ4n) is 3.07. The molecule has 0 aliphatic rings. The molecule has 1 heterocycles. The van der Waals surface area contributed by atoms with Gasteiger partial charge in [0.2, 0.25) is 5.91 Å². The van der Waals surface area contributed by atoms with Gasteiger partial charge in [-0.05, 0) is 55.6 Å². The van der Waals surface area contributed by atoms with Crippen molar-refractivity contribution in [2.75, 3.05) is 31.6 Å². The van der Waals surface area contributed by atoms with Crippen LogP contribution in [0.2, 0.25) is 0 Å². The van der Waals surface area contributed by atoms with E-state index in [1.807, 2.05) is 18.2 Å². The van der Waals surface area contributed by atoms with Gasteiger partial charge in [0, 0.05) is 16.7 Å². The smallest absolute Gasteiger partial charge is 0.261 e. The zero-order chi connectivity index (χ0) is 21.5. The normalized spacial score (nSPS) is 11.1. The van der Waals surface area contributed by atoms with Gasteiger partial charge < -0.3 is 15.0 Å². The predicted octanol–water partition coefficient (Wildman–Crippen LogP) is 3.52. The number of aromatic nitrogens is 2. The fourth-order valence-corrected chi connectivity index (χ4v) is 3.43. The van der Waals surface area contributed by atoms with Crippen LogP contribution in [0.1, 0.15) is 13.8 Å². The molecule has 1 amide bonds. The first kappa shape index (κ1) is 22.0. The number of carbonyl (C=O) groups is 1. The van der Waals surface area contributed by atoms with Crippen molar-refractivity contribution in [2.45, 2.75) is 20.4 Å². The third-order valence-electron chi connectivity index (χ3n) is 4.81. The maximum atomic E-state index is 12.6. The van der Waals surface area contributed by atoms with Crippen LogP contribution in [-0.4, -0.2) is 46.6 Å². The lowest BCUT2D eigenvalue weighted by Crippen LogP contribution is -2.28. The van der Waals surface area contributed by atoms with Gasteiger partial charge in [0.1, 0.15) is 18.9 Å². The van der Waals surface area contributed by atoms with Crippen LogP contribution in [0, 0.1) is 0 Å². The minimum Gasteiger partial charge on any atom is -0.492 e. The molecule has 3 aromatic rings. The second-order valence-corrected chi connectivity index (χ2v) is 7.70. The highest BCUT2D eigenvalue weighted by Crippen LogP contribution is 2.16. The summed E-state index contributed by atoms with van der Waals surface area (Å²) in [7, 11) is 0. The molecule has 30 heavy (non-hydrogen) atoms. The van der Waals surface area contributed by atoms with E-state index in [9.17, 15) is 9.59 Å². The van der Waals surface area contributed by atoms with E-state index in [2.05, 4.69) is 45.0 Å². The highest BCUT2D eigenvalue weighted by molar-refractivity contribution is 9.10. The third-order valence-corrected chi connectivity index (χ3v) is 5.30. The highest BCUT2D eigenvalue weighted by Gasteiger charge is 2.09. The van der Waals surface area contributed by atoms with Gasteiger partial charge in [0.25, 0.3) is 5.56 Å². The van der Waals surface area contributed by atoms with Crippen molar-refractivity contribution in [1.29, 1.82) is 0 Å². The number of fused-ring (bicyclic) bond motifs is 1. The molecule has 0 radical (unpaired) electrons. The van der Waals surface area contributed by atoms with Gasteiger partial charge in [-0.2, -0.15) is 0 Å². The molecule has 0 saturated carbocycles. The molecule has 0 saturated heterocycles. The van der Waals surface area contributed by atoms with E-state index in [1.54, 1.807) is 24.3 Å². The Balaban J connectivity index is 1.58. The lowest BCUT2D eigenvalue weighted by molar-refractivity contribution is -0.116. The quantitative estimate of drug-likeness (QED) is 0.515. The number of hydrogen-bond acceptors (Lipinski definition) is 5. The molecule has 0 aliphatic carbocycles. The maximum absolute atomic E-state index is 12.6. The molecule has 2 aromatic carbocycles. The van der Waals surface area contributed by atoms with Crippen LogP contribution in [0.25, 0.3) is 10.9 Å². The van der Waals surface area contributed by atoms with Gasteiger partial charge in [-0.3, -0.25) is 14.2 Å². The van der Waals surface area contributed by atoms with Crippen molar-refractivity contribution in [3.8, 4) is 5.75 Å². The third kappa shape index (κ3) is 5.67. The Kier molecular flexibility index (Phi) is 7.59. The van der Waals surface area contributed by atoms with E-state index in [4.69, 9.17) is 4.74 Å². The molecule has 0 bridgehead atoms. The second kappa shape index (κ2) is 10.4. The minimum absolute atomic E-state index is 0.115. The summed E-state index contributed by atoms with van der Waals surface area (Å²) in [6.07, 6.45) is 1.39. The Labute approximate surface area is 183 Å². The van der Waals surface area contributed by atoms with Crippen molar-refractivity contribution >= 4 is 38.4 Å². The summed E-state index contributed by atoms with van der Waals surface area (Å²) in [6.45, 7) is 7.62. The van der Waals surface area contributed by atoms with E-state index < -0.39 is 0 Å². The zero-order valence-corrected chi connectivity index (χ0v) is 18.7. The summed E-state index contributed by atoms with van der Waals surface area (Å²) in [4.78, 5) is 31.5. The van der Waals surface area contributed by atoms with Crippen molar-refractivity contribution in [3.05, 3.63) is 63.6 Å². The number of rotatable bonds is 9. The van der Waals surface area contributed by atoms with Crippen molar-refractivity contribution in [3.63, 3.8) is 0 Å². The average Bonchev–Trinajstić information content (AvgIpc) is 2.75. The largest absolute Gasteiger partial charge is 0.492 e. The fraction of sp³-hybridized carbons (Fsp3) is 0.318. The second-order valence-electron chi connectivity index (χ2n) is 6.79. The summed E-state index contributed by atoms with van der Waals surface area (Å²) >= 11 is 3.35. The van der Waals surface area contributed by atoms with Gasteiger partial charge >= 0.3 is 0 Å². The monoisotopic (exact) mass is 472 g/mol. The Morgan fingerprint density at radius 1 is 1.17 bits per heavy atom. The number of carbonyl (C=O) groups excluding carboxylic acids is 1. The number of amides is 1. The van der Waals surface area contributed by atoms with E-state index in [0.717, 1.165) is 29.9 Å². The highest BCUT2D eigenvalue weighted by atomic mass is 79.9. The Hall–Kier alpha value is -2.71. The summed E-state index contributed by atoms with van der Waals surface area (Å²) in [5.41, 5.74) is 0.977. The number of halogens is 1. The maximum Gasteiger partial charge on any atom is 0.261 e. The standard InChI is InChI=1S/C22H25BrN4O3/c1-3-26(4-2)11-12-30-18-8-6-17(7-9-18)25-21(28)14-27-15-24-20-10-5-16(23)13-19(20)22(27)29/h5-10,13,15H,3-4,11-12,14H2,1-2H3,(H,25,28). The SMILES string of the molecule is CCN(CC)CCOc1ccc(NC(=O)Cn2cnc3ccc(Br)cc3c2=O)cc1. The molecule has 0 unspecified atom stereocenters. The average molecular weight is 473 g/mol. The minimum atomic E-state index is -0.302. The first-order chi connectivity index (χ1) is 14.5. The first-order valence-corrected chi connectivity index (χ1v) is 10.7. The molecule has 0 spiro atoms. The molecular weight excluding hydrogens is 448 g/mol. The van der Waals surface area contributed by atoms with Crippen LogP contribution in [0.4, 0.5) is 5.69 Å². The first-order valence-electron chi connectivity index (χ1n) is 9.90. The molecule has 7 nitrogen and oxygen atoms in total. The summed E-state index contributed by atoms with van der Waals surface area (Å²) in [6, 6.07) is 12.5. The topological polar surface area (TPSA) is 76.5 Å². The van der Waals surface area contributed by atoms with Crippen LogP contribution in [0.5, 0.6) is 5.75 Å². The number of nitrogens with zero attached hydrogens (tertiary/aromatic N) is 3. The Bertz CT molecular complexity index is 1060. The van der Waals surface area contributed by atoms with Gasteiger partial charge in [0.05, 0.1) is 17.2 Å². The molecule has 1 N–H and O–H groups in total. The van der Waals surface area contributed by atoms with Crippen LogP contribution >= 0.6 is 15.9 Å². The van der Waals surface area contributed by atoms with Gasteiger partial charge in [-0.15, -0.1) is 0 Å². The number of likely N-dealkylation sites (N-methyl/N-ethyl adjacent to an activating group) is 1. The predicted molar refractivity (Wildman–Crippen MR) is 122 cm³/mol. The molecule has 3 rings (SSSR count). The summed E-state index contributed by atoms with van der Waals surface area (Å²) < 4.78 is 7.84. The summed E-state index contributed by atoms with van der Waals surface area (Å²) in [5, 5.41) is 3.26. The number of benzene rings is 2. The summed E-state index contributed by atoms with van der Waals surface area (Å²) in [5.74, 6) is 0.448. The van der Waals surface area contributed by atoms with Gasteiger partial charge in [-0.1, -0.05) is 29.8 Å². The van der Waals surface area contributed by atoms with Crippen LogP contribution < -0.4 is 15.6 Å². The lowest BCUT2D eigenvalue weighted by atomic mass is 10.2. The number of anilines is 1. The number of ether oxygens (including phenoxy) is 1. The number of nitrogens with one attached hydrogen (secondary N) is 1. The molecule has 8 heteroatoms. The molecule has 0 fully saturated rings. The van der Waals surface area contributed by atoms with Crippen molar-refractivity contribution in [2.24, 2.45) is 0 Å². The molecular formula is C22H25BrN4O3. The molecule has 0 aliphatic heterocycles. The Morgan fingerprint density at radius 2 is 1.90 bits per heavy atom. The Morgan fingerprint density at radius 3 is 2.60 bits per heavy atom. The van der Waals surface area contributed by atoms with E-state index in [-0.39, 0.29) is 18.0 Å². The van der Waals surface area contributed by atoms with Crippen molar-refractivity contribution in [1.82, 2.24) is 14.5 Å². The molecule has 1 aromatic heterocycles. The van der Waals surface area contributed by atoms with Crippen LogP contribution in [0.15, 0.2) is 58.1 Å². The van der Waals surface area contributed by atoms with Crippen molar-refractivity contribution < 1.29 is 9.53 Å².